The van der Waals surface area contributed by atoms with Gasteiger partial charge in [0.05, 0.1) is 6.54 Å². The monoisotopic (exact) mass is 430 g/mol. The second kappa shape index (κ2) is 9.44. The molecule has 0 spiro atoms. The van der Waals surface area contributed by atoms with Gasteiger partial charge < -0.3 is 10.2 Å². The molecular formula is C25H27FN6. The molecule has 4 heterocycles. The number of hydrogen-bond acceptors (Lipinski definition) is 5. The van der Waals surface area contributed by atoms with Gasteiger partial charge in [-0.25, -0.2) is 14.4 Å². The Morgan fingerprint density at radius 2 is 1.75 bits per heavy atom. The molecule has 1 aliphatic rings. The molecule has 5 rings (SSSR count). The highest BCUT2D eigenvalue weighted by atomic mass is 19.1. The van der Waals surface area contributed by atoms with Gasteiger partial charge in [-0.05, 0) is 54.8 Å². The van der Waals surface area contributed by atoms with Crippen molar-refractivity contribution in [2.45, 2.75) is 31.8 Å². The van der Waals surface area contributed by atoms with Crippen LogP contribution < -0.4 is 5.32 Å². The second-order valence-electron chi connectivity index (χ2n) is 8.33. The minimum Gasteiger partial charge on any atom is -0.353 e. The summed E-state index contributed by atoms with van der Waals surface area (Å²) in [7, 11) is 0. The summed E-state index contributed by atoms with van der Waals surface area (Å²) in [5.41, 5.74) is 3.87. The number of nitrogens with one attached hydrogen (secondary N) is 1. The maximum atomic E-state index is 13.3. The van der Waals surface area contributed by atoms with Crippen molar-refractivity contribution < 1.29 is 4.39 Å². The van der Waals surface area contributed by atoms with Crippen molar-refractivity contribution in [3.63, 3.8) is 0 Å². The SMILES string of the molecule is Fc1ccc(Cn2c(NC3CCN(CCc4ccccn4)CC3)nc3cccnc32)cc1. The third kappa shape index (κ3) is 4.78. The van der Waals surface area contributed by atoms with Crippen molar-refractivity contribution >= 4 is 17.1 Å². The number of imidazole rings is 1. The molecule has 0 aliphatic carbocycles. The zero-order valence-electron chi connectivity index (χ0n) is 18.0. The minimum absolute atomic E-state index is 0.226. The predicted molar refractivity (Wildman–Crippen MR) is 124 cm³/mol. The summed E-state index contributed by atoms with van der Waals surface area (Å²) in [5, 5.41) is 3.66. The molecule has 0 amide bonds. The summed E-state index contributed by atoms with van der Waals surface area (Å²) < 4.78 is 15.4. The Bertz CT molecular complexity index is 1150. The first-order valence-corrected chi connectivity index (χ1v) is 11.2. The van der Waals surface area contributed by atoms with Gasteiger partial charge in [-0.2, -0.15) is 0 Å². The standard InChI is InChI=1S/C25H27FN6/c26-20-8-6-19(7-9-20)18-32-24-23(5-3-14-28-24)30-25(32)29-22-11-16-31(17-12-22)15-10-21-4-1-2-13-27-21/h1-9,13-14,22H,10-12,15-18H2,(H,29,30). The van der Waals surface area contributed by atoms with E-state index in [0.29, 0.717) is 12.6 Å². The molecule has 0 bridgehead atoms. The Morgan fingerprint density at radius 1 is 0.938 bits per heavy atom. The van der Waals surface area contributed by atoms with E-state index in [4.69, 9.17) is 4.98 Å². The molecule has 0 saturated carbocycles. The number of hydrogen-bond donors (Lipinski definition) is 1. The van der Waals surface area contributed by atoms with Gasteiger partial charge in [-0.3, -0.25) is 9.55 Å². The van der Waals surface area contributed by atoms with Crippen molar-refractivity contribution in [3.05, 3.63) is 84.1 Å². The van der Waals surface area contributed by atoms with Crippen LogP contribution >= 0.6 is 0 Å². The second-order valence-corrected chi connectivity index (χ2v) is 8.33. The van der Waals surface area contributed by atoms with Crippen LogP contribution in [0.1, 0.15) is 24.1 Å². The van der Waals surface area contributed by atoms with E-state index in [9.17, 15) is 4.39 Å². The first-order valence-electron chi connectivity index (χ1n) is 11.2. The highest BCUT2D eigenvalue weighted by Gasteiger charge is 2.21. The number of aromatic nitrogens is 4. The minimum atomic E-state index is -0.226. The quantitative estimate of drug-likeness (QED) is 0.478. The summed E-state index contributed by atoms with van der Waals surface area (Å²) in [6.45, 7) is 3.75. The maximum absolute atomic E-state index is 13.3. The molecule has 1 saturated heterocycles. The fourth-order valence-corrected chi connectivity index (χ4v) is 4.29. The number of piperidine rings is 1. The first kappa shape index (κ1) is 20.6. The van der Waals surface area contributed by atoms with Crippen LogP contribution in [0.25, 0.3) is 11.2 Å². The van der Waals surface area contributed by atoms with Crippen molar-refractivity contribution in [3.8, 4) is 0 Å². The highest BCUT2D eigenvalue weighted by Crippen LogP contribution is 2.22. The van der Waals surface area contributed by atoms with Gasteiger partial charge in [0, 0.05) is 50.2 Å². The fraction of sp³-hybridized carbons (Fsp3) is 0.320. The first-order chi connectivity index (χ1) is 15.7. The Hall–Kier alpha value is -3.32. The molecule has 6 nitrogen and oxygen atoms in total. The molecule has 1 aromatic carbocycles. The van der Waals surface area contributed by atoms with E-state index in [1.807, 2.05) is 42.6 Å². The molecular weight excluding hydrogens is 403 g/mol. The van der Waals surface area contributed by atoms with Crippen LogP contribution in [0, 0.1) is 5.82 Å². The lowest BCUT2D eigenvalue weighted by molar-refractivity contribution is 0.220. The molecule has 1 N–H and O–H groups in total. The Kier molecular flexibility index (Phi) is 6.07. The van der Waals surface area contributed by atoms with E-state index in [1.165, 1.54) is 12.1 Å². The highest BCUT2D eigenvalue weighted by molar-refractivity contribution is 5.74. The van der Waals surface area contributed by atoms with Crippen LogP contribution in [0.5, 0.6) is 0 Å². The average Bonchev–Trinajstić information content (AvgIpc) is 3.17. The van der Waals surface area contributed by atoms with Crippen LogP contribution in [0.15, 0.2) is 67.0 Å². The molecule has 1 aliphatic heterocycles. The number of likely N-dealkylation sites (tertiary alicyclic amines) is 1. The third-order valence-electron chi connectivity index (χ3n) is 6.09. The number of pyridine rings is 2. The van der Waals surface area contributed by atoms with E-state index < -0.39 is 0 Å². The van der Waals surface area contributed by atoms with E-state index >= 15 is 0 Å². The lowest BCUT2D eigenvalue weighted by atomic mass is 10.0. The van der Waals surface area contributed by atoms with Crippen molar-refractivity contribution in [2.75, 3.05) is 25.0 Å². The zero-order chi connectivity index (χ0) is 21.8. The fourth-order valence-electron chi connectivity index (χ4n) is 4.29. The normalized spacial score (nSPS) is 15.3. The van der Waals surface area contributed by atoms with Crippen molar-refractivity contribution in [1.82, 2.24) is 24.4 Å². The molecule has 7 heteroatoms. The Morgan fingerprint density at radius 3 is 2.53 bits per heavy atom. The Labute approximate surface area is 187 Å². The number of anilines is 1. The lowest BCUT2D eigenvalue weighted by Gasteiger charge is -2.32. The van der Waals surface area contributed by atoms with Gasteiger partial charge in [0.25, 0.3) is 0 Å². The van der Waals surface area contributed by atoms with Gasteiger partial charge >= 0.3 is 0 Å². The molecule has 0 unspecified atom stereocenters. The number of nitrogens with zero attached hydrogens (tertiary/aromatic N) is 5. The lowest BCUT2D eigenvalue weighted by Crippen LogP contribution is -2.40. The van der Waals surface area contributed by atoms with Gasteiger partial charge in [0.1, 0.15) is 11.3 Å². The summed E-state index contributed by atoms with van der Waals surface area (Å²) in [5.74, 6) is 0.602. The third-order valence-corrected chi connectivity index (χ3v) is 6.09. The van der Waals surface area contributed by atoms with Gasteiger partial charge in [-0.1, -0.05) is 18.2 Å². The van der Waals surface area contributed by atoms with Crippen molar-refractivity contribution in [1.29, 1.82) is 0 Å². The molecule has 4 aromatic rings. The molecule has 1 fully saturated rings. The number of benzene rings is 1. The Balaban J connectivity index is 1.25. The van der Waals surface area contributed by atoms with Gasteiger partial charge in [0.2, 0.25) is 5.95 Å². The van der Waals surface area contributed by atoms with Gasteiger partial charge in [0.15, 0.2) is 5.65 Å². The maximum Gasteiger partial charge on any atom is 0.205 e. The summed E-state index contributed by atoms with van der Waals surface area (Å²) in [4.78, 5) is 16.3. The van der Waals surface area contributed by atoms with Crippen LogP contribution in [0.4, 0.5) is 10.3 Å². The smallest absolute Gasteiger partial charge is 0.205 e. The molecule has 164 valence electrons. The van der Waals surface area contributed by atoms with Gasteiger partial charge in [-0.15, -0.1) is 0 Å². The van der Waals surface area contributed by atoms with E-state index in [1.54, 1.807) is 6.20 Å². The van der Waals surface area contributed by atoms with Crippen LogP contribution in [-0.2, 0) is 13.0 Å². The summed E-state index contributed by atoms with van der Waals surface area (Å²) >= 11 is 0. The molecule has 0 radical (unpaired) electrons. The number of halogens is 1. The molecule has 32 heavy (non-hydrogen) atoms. The van der Waals surface area contributed by atoms with Crippen LogP contribution in [0.2, 0.25) is 0 Å². The predicted octanol–water partition coefficient (Wildman–Crippen LogP) is 4.13. The zero-order valence-corrected chi connectivity index (χ0v) is 18.0. The molecule has 0 atom stereocenters. The van der Waals surface area contributed by atoms with E-state index in [2.05, 4.69) is 30.8 Å². The van der Waals surface area contributed by atoms with Crippen LogP contribution in [0.3, 0.4) is 0 Å². The average molecular weight is 431 g/mol. The number of rotatable bonds is 7. The largest absolute Gasteiger partial charge is 0.353 e. The number of fused-ring (bicyclic) bond motifs is 1. The summed E-state index contributed by atoms with van der Waals surface area (Å²) in [6, 6.07) is 17.0. The molecule has 3 aromatic heterocycles. The summed E-state index contributed by atoms with van der Waals surface area (Å²) in [6.07, 6.45) is 6.76. The van der Waals surface area contributed by atoms with Crippen molar-refractivity contribution in [2.24, 2.45) is 0 Å². The van der Waals surface area contributed by atoms with E-state index in [0.717, 1.165) is 67.3 Å². The topological polar surface area (TPSA) is 58.9 Å². The van der Waals surface area contributed by atoms with E-state index in [-0.39, 0.29) is 5.82 Å². The van der Waals surface area contributed by atoms with Crippen LogP contribution in [-0.4, -0.2) is 50.1 Å².